The number of aryl methyl sites for hydroxylation is 1. The van der Waals surface area contributed by atoms with Gasteiger partial charge in [0, 0.05) is 18.9 Å². The fourth-order valence-corrected chi connectivity index (χ4v) is 2.47. The van der Waals surface area contributed by atoms with Crippen molar-refractivity contribution >= 4 is 11.6 Å². The normalized spacial score (nSPS) is 11.5. The maximum atomic E-state index is 12.7. The van der Waals surface area contributed by atoms with Crippen LogP contribution in [0.15, 0.2) is 48.8 Å². The van der Waals surface area contributed by atoms with Gasteiger partial charge in [0.2, 0.25) is 0 Å². The smallest absolute Gasteiger partial charge is 0.416 e. The van der Waals surface area contributed by atoms with Crippen LogP contribution in [0.1, 0.15) is 16.8 Å². The van der Waals surface area contributed by atoms with Gasteiger partial charge in [0.15, 0.2) is 18.0 Å². The van der Waals surface area contributed by atoms with Crippen molar-refractivity contribution in [2.75, 3.05) is 6.61 Å². The number of carbonyl (C=O) groups excluding carboxylic acids is 1. The van der Waals surface area contributed by atoms with Crippen molar-refractivity contribution in [1.29, 1.82) is 0 Å². The van der Waals surface area contributed by atoms with Gasteiger partial charge in [-0.3, -0.25) is 4.79 Å². The Morgan fingerprint density at radius 2 is 2.08 bits per heavy atom. The number of carbonyl (C=O) groups is 1. The third kappa shape index (κ3) is 4.14. The number of nitrogens with one attached hydrogen (secondary N) is 1. The molecule has 0 aliphatic rings. The summed E-state index contributed by atoms with van der Waals surface area (Å²) in [6, 6.07) is 8.29. The van der Waals surface area contributed by atoms with Crippen LogP contribution in [0, 0.1) is 6.92 Å². The summed E-state index contributed by atoms with van der Waals surface area (Å²) in [6.45, 7) is 1.57. The number of hydrogen-bond donors (Lipinski definition) is 1. The van der Waals surface area contributed by atoms with Gasteiger partial charge in [-0.1, -0.05) is 12.1 Å². The number of halogens is 3. The highest BCUT2D eigenvalue weighted by molar-refractivity contribution is 5.77. The van der Waals surface area contributed by atoms with Gasteiger partial charge in [-0.25, -0.2) is 4.98 Å². The molecule has 1 N–H and O–H groups in total. The van der Waals surface area contributed by atoms with E-state index in [-0.39, 0.29) is 13.2 Å². The van der Waals surface area contributed by atoms with Gasteiger partial charge in [-0.2, -0.15) is 13.2 Å². The number of amides is 1. The van der Waals surface area contributed by atoms with Crippen LogP contribution in [0.25, 0.3) is 5.65 Å². The largest absolute Gasteiger partial charge is 0.480 e. The topological polar surface area (TPSA) is 55.6 Å². The number of fused-ring (bicyclic) bond motifs is 1. The van der Waals surface area contributed by atoms with E-state index in [0.717, 1.165) is 17.8 Å². The Bertz CT molecular complexity index is 935. The lowest BCUT2D eigenvalue weighted by molar-refractivity contribution is -0.137. The maximum Gasteiger partial charge on any atom is 0.416 e. The number of benzene rings is 1. The van der Waals surface area contributed by atoms with E-state index in [9.17, 15) is 18.0 Å². The third-order valence-electron chi connectivity index (χ3n) is 3.67. The van der Waals surface area contributed by atoms with Crippen molar-refractivity contribution in [3.8, 4) is 5.75 Å². The Balaban J connectivity index is 1.58. The molecule has 0 spiro atoms. The van der Waals surface area contributed by atoms with Crippen LogP contribution in [-0.4, -0.2) is 21.9 Å². The molecule has 0 saturated carbocycles. The Morgan fingerprint density at radius 1 is 1.27 bits per heavy atom. The standard InChI is InChI=1S/C18H16F3N3O2/c1-12-10-24-7-3-6-15(17(24)23-12)26-11-16(25)22-9-13-4-2-5-14(8-13)18(19,20)21/h2-8,10H,9,11H2,1H3,(H,22,25). The predicted octanol–water partition coefficient (Wildman–Crippen LogP) is 3.36. The zero-order chi connectivity index (χ0) is 18.7. The summed E-state index contributed by atoms with van der Waals surface area (Å²) in [5.74, 6) is 0.0162. The number of hydrogen-bond acceptors (Lipinski definition) is 3. The molecule has 8 heteroatoms. The van der Waals surface area contributed by atoms with Gasteiger partial charge in [0.1, 0.15) is 0 Å². The lowest BCUT2D eigenvalue weighted by Gasteiger charge is -2.10. The van der Waals surface area contributed by atoms with Crippen molar-refractivity contribution in [3.63, 3.8) is 0 Å². The molecule has 0 radical (unpaired) electrons. The van der Waals surface area contributed by atoms with Gasteiger partial charge < -0.3 is 14.5 Å². The lowest BCUT2D eigenvalue weighted by atomic mass is 10.1. The second kappa shape index (κ2) is 7.07. The van der Waals surface area contributed by atoms with E-state index in [0.29, 0.717) is 17.0 Å². The minimum absolute atomic E-state index is 0.0151. The quantitative estimate of drug-likeness (QED) is 0.756. The lowest BCUT2D eigenvalue weighted by Crippen LogP contribution is -2.28. The molecule has 5 nitrogen and oxygen atoms in total. The van der Waals surface area contributed by atoms with Gasteiger partial charge in [0.25, 0.3) is 5.91 Å². The second-order valence-corrected chi connectivity index (χ2v) is 5.75. The minimum atomic E-state index is -4.41. The molecule has 26 heavy (non-hydrogen) atoms. The molecule has 0 fully saturated rings. The Kier molecular flexibility index (Phi) is 4.83. The van der Waals surface area contributed by atoms with Crippen LogP contribution in [0.5, 0.6) is 5.75 Å². The fourth-order valence-electron chi connectivity index (χ4n) is 2.47. The van der Waals surface area contributed by atoms with E-state index in [2.05, 4.69) is 10.3 Å². The summed E-state index contributed by atoms with van der Waals surface area (Å²) in [5.41, 5.74) is 1.02. The van der Waals surface area contributed by atoms with Crippen molar-refractivity contribution in [2.45, 2.75) is 19.6 Å². The zero-order valence-electron chi connectivity index (χ0n) is 13.9. The van der Waals surface area contributed by atoms with Crippen LogP contribution in [0.4, 0.5) is 13.2 Å². The summed E-state index contributed by atoms with van der Waals surface area (Å²) >= 11 is 0. The highest BCUT2D eigenvalue weighted by Gasteiger charge is 2.30. The van der Waals surface area contributed by atoms with Crippen LogP contribution in [0.2, 0.25) is 0 Å². The molecule has 2 heterocycles. The van der Waals surface area contributed by atoms with Crippen LogP contribution >= 0.6 is 0 Å². The first kappa shape index (κ1) is 17.8. The average Bonchev–Trinajstić information content (AvgIpc) is 2.98. The molecule has 0 saturated heterocycles. The van der Waals surface area contributed by atoms with E-state index in [1.165, 1.54) is 12.1 Å². The maximum absolute atomic E-state index is 12.7. The monoisotopic (exact) mass is 363 g/mol. The average molecular weight is 363 g/mol. The Morgan fingerprint density at radius 3 is 2.85 bits per heavy atom. The Hall–Kier alpha value is -3.03. The first-order chi connectivity index (χ1) is 12.3. The van der Waals surface area contributed by atoms with E-state index in [1.807, 2.05) is 19.3 Å². The van der Waals surface area contributed by atoms with E-state index in [1.54, 1.807) is 16.5 Å². The molecule has 3 aromatic rings. The number of alkyl halides is 3. The number of ether oxygens (including phenoxy) is 1. The van der Waals surface area contributed by atoms with Gasteiger partial charge in [-0.15, -0.1) is 0 Å². The first-order valence-electron chi connectivity index (χ1n) is 7.83. The summed E-state index contributed by atoms with van der Waals surface area (Å²) in [7, 11) is 0. The fraction of sp³-hybridized carbons (Fsp3) is 0.222. The SMILES string of the molecule is Cc1cn2cccc(OCC(=O)NCc3cccc(C(F)(F)F)c3)c2n1. The number of nitrogens with zero attached hydrogens (tertiary/aromatic N) is 2. The molecule has 1 amide bonds. The summed E-state index contributed by atoms with van der Waals surface area (Å²) < 4.78 is 45.3. The molecule has 136 valence electrons. The minimum Gasteiger partial charge on any atom is -0.480 e. The van der Waals surface area contributed by atoms with Crippen molar-refractivity contribution in [3.05, 3.63) is 65.6 Å². The third-order valence-corrected chi connectivity index (χ3v) is 3.67. The first-order valence-corrected chi connectivity index (χ1v) is 7.83. The van der Waals surface area contributed by atoms with Crippen LogP contribution in [0.3, 0.4) is 0 Å². The van der Waals surface area contributed by atoms with E-state index >= 15 is 0 Å². The summed E-state index contributed by atoms with van der Waals surface area (Å²) in [6.07, 6.45) is -0.768. The zero-order valence-corrected chi connectivity index (χ0v) is 13.9. The molecule has 1 aromatic carbocycles. The van der Waals surface area contributed by atoms with Crippen molar-refractivity contribution < 1.29 is 22.7 Å². The number of pyridine rings is 1. The molecule has 3 rings (SSSR count). The summed E-state index contributed by atoms with van der Waals surface area (Å²) in [5, 5.41) is 2.54. The number of aromatic nitrogens is 2. The van der Waals surface area contributed by atoms with Crippen LogP contribution < -0.4 is 10.1 Å². The summed E-state index contributed by atoms with van der Waals surface area (Å²) in [4.78, 5) is 16.2. The van der Waals surface area contributed by atoms with E-state index in [4.69, 9.17) is 4.74 Å². The molecular formula is C18H16F3N3O2. The molecule has 0 aliphatic carbocycles. The van der Waals surface area contributed by atoms with Crippen molar-refractivity contribution in [1.82, 2.24) is 14.7 Å². The van der Waals surface area contributed by atoms with Crippen LogP contribution in [-0.2, 0) is 17.5 Å². The highest BCUT2D eigenvalue weighted by atomic mass is 19.4. The Labute approximate surface area is 147 Å². The highest BCUT2D eigenvalue weighted by Crippen LogP contribution is 2.29. The molecule has 0 unspecified atom stereocenters. The van der Waals surface area contributed by atoms with E-state index < -0.39 is 17.6 Å². The molecule has 0 atom stereocenters. The molecular weight excluding hydrogens is 347 g/mol. The predicted molar refractivity (Wildman–Crippen MR) is 88.7 cm³/mol. The second-order valence-electron chi connectivity index (χ2n) is 5.75. The molecule has 0 aliphatic heterocycles. The number of rotatable bonds is 5. The number of imidazole rings is 1. The van der Waals surface area contributed by atoms with Gasteiger partial charge >= 0.3 is 6.18 Å². The van der Waals surface area contributed by atoms with Gasteiger partial charge in [-0.05, 0) is 36.8 Å². The molecule has 2 aromatic heterocycles. The molecule has 0 bridgehead atoms. The van der Waals surface area contributed by atoms with Gasteiger partial charge in [0.05, 0.1) is 11.3 Å². The van der Waals surface area contributed by atoms with Crippen molar-refractivity contribution in [2.24, 2.45) is 0 Å².